The fraction of sp³-hybridized carbons (Fsp3) is 0.412. The van der Waals surface area contributed by atoms with Crippen molar-refractivity contribution < 1.29 is 0 Å². The third-order valence-electron chi connectivity index (χ3n) is 4.10. The van der Waals surface area contributed by atoms with Gasteiger partial charge in [0, 0.05) is 31.5 Å². The van der Waals surface area contributed by atoms with Gasteiger partial charge in [0.1, 0.15) is 0 Å². The number of nitrogens with one attached hydrogen (secondary N) is 1. The number of rotatable bonds is 4. The highest BCUT2D eigenvalue weighted by Gasteiger charge is 2.18. The average Bonchev–Trinajstić information content (AvgIpc) is 2.93. The minimum absolute atomic E-state index is 0.523. The van der Waals surface area contributed by atoms with E-state index < -0.39 is 0 Å². The minimum atomic E-state index is 0.523. The van der Waals surface area contributed by atoms with Crippen molar-refractivity contribution in [1.82, 2.24) is 9.88 Å². The van der Waals surface area contributed by atoms with E-state index in [-0.39, 0.29) is 0 Å². The summed E-state index contributed by atoms with van der Waals surface area (Å²) in [6.07, 6.45) is 8.18. The molecule has 0 aliphatic heterocycles. The Bertz CT molecular complexity index is 542. The summed E-state index contributed by atoms with van der Waals surface area (Å²) >= 11 is 0. The molecule has 100 valence electrons. The van der Waals surface area contributed by atoms with Crippen molar-refractivity contribution in [3.63, 3.8) is 0 Å². The zero-order valence-electron chi connectivity index (χ0n) is 11.6. The van der Waals surface area contributed by atoms with Gasteiger partial charge >= 0.3 is 0 Å². The van der Waals surface area contributed by atoms with Crippen LogP contribution in [0.1, 0.15) is 42.5 Å². The first-order valence-electron chi connectivity index (χ1n) is 7.32. The lowest BCUT2D eigenvalue weighted by molar-refractivity contribution is 0.459. The molecule has 0 spiro atoms. The van der Waals surface area contributed by atoms with Crippen LogP contribution in [0.4, 0.5) is 0 Å². The van der Waals surface area contributed by atoms with E-state index in [2.05, 4.69) is 59.5 Å². The van der Waals surface area contributed by atoms with Crippen molar-refractivity contribution in [2.24, 2.45) is 0 Å². The molecule has 1 aromatic carbocycles. The van der Waals surface area contributed by atoms with E-state index in [0.29, 0.717) is 6.04 Å². The number of fused-ring (bicyclic) bond motifs is 1. The Hall–Kier alpha value is -1.54. The van der Waals surface area contributed by atoms with Crippen LogP contribution in [-0.4, -0.2) is 4.57 Å². The maximum absolute atomic E-state index is 3.72. The summed E-state index contributed by atoms with van der Waals surface area (Å²) in [6.45, 7) is 4.19. The Morgan fingerprint density at radius 1 is 1.26 bits per heavy atom. The van der Waals surface area contributed by atoms with Crippen LogP contribution in [0, 0.1) is 0 Å². The molecule has 0 bridgehead atoms. The largest absolute Gasteiger partial charge is 0.354 e. The topological polar surface area (TPSA) is 17.0 Å². The highest BCUT2D eigenvalue weighted by molar-refractivity contribution is 5.32. The second-order valence-electron chi connectivity index (χ2n) is 5.37. The van der Waals surface area contributed by atoms with Crippen LogP contribution in [0.25, 0.3) is 0 Å². The maximum Gasteiger partial charge on any atom is 0.0326 e. The maximum atomic E-state index is 3.72. The van der Waals surface area contributed by atoms with Crippen molar-refractivity contribution >= 4 is 0 Å². The number of hydrogen-bond acceptors (Lipinski definition) is 1. The predicted octanol–water partition coefficient (Wildman–Crippen LogP) is 3.68. The minimum Gasteiger partial charge on any atom is -0.354 e. The molecule has 1 aromatic heterocycles. The molecule has 0 amide bonds. The Morgan fingerprint density at radius 2 is 2.16 bits per heavy atom. The van der Waals surface area contributed by atoms with Gasteiger partial charge in [0.15, 0.2) is 0 Å². The zero-order valence-corrected chi connectivity index (χ0v) is 11.6. The summed E-state index contributed by atoms with van der Waals surface area (Å²) in [5, 5.41) is 3.72. The first-order chi connectivity index (χ1) is 9.36. The fourth-order valence-electron chi connectivity index (χ4n) is 3.00. The molecule has 2 nitrogen and oxygen atoms in total. The molecule has 1 heterocycles. The molecule has 2 heteroatoms. The molecule has 3 rings (SSSR count). The summed E-state index contributed by atoms with van der Waals surface area (Å²) in [5.74, 6) is 0. The summed E-state index contributed by atoms with van der Waals surface area (Å²) in [5.41, 5.74) is 4.41. The van der Waals surface area contributed by atoms with E-state index >= 15 is 0 Å². The Kier molecular flexibility index (Phi) is 3.69. The summed E-state index contributed by atoms with van der Waals surface area (Å²) in [6, 6.07) is 11.6. The SMILES string of the molecule is CCn1ccc(CNC2CCCc3ccccc32)c1. The number of hydrogen-bond donors (Lipinski definition) is 1. The van der Waals surface area contributed by atoms with Gasteiger partial charge in [-0.05, 0) is 48.9 Å². The molecule has 1 aliphatic carbocycles. The number of nitrogens with zero attached hydrogens (tertiary/aromatic N) is 1. The van der Waals surface area contributed by atoms with Gasteiger partial charge in [-0.1, -0.05) is 24.3 Å². The average molecular weight is 254 g/mol. The van der Waals surface area contributed by atoms with Gasteiger partial charge in [0.05, 0.1) is 0 Å². The van der Waals surface area contributed by atoms with Crippen molar-refractivity contribution in [1.29, 1.82) is 0 Å². The summed E-state index contributed by atoms with van der Waals surface area (Å²) < 4.78 is 2.23. The van der Waals surface area contributed by atoms with E-state index in [1.807, 2.05) is 0 Å². The van der Waals surface area contributed by atoms with Gasteiger partial charge in [0.2, 0.25) is 0 Å². The quantitative estimate of drug-likeness (QED) is 0.880. The molecule has 1 N–H and O–H groups in total. The molecule has 1 unspecified atom stereocenters. The molecule has 0 saturated carbocycles. The molecule has 2 aromatic rings. The van der Waals surface area contributed by atoms with Gasteiger partial charge in [-0.2, -0.15) is 0 Å². The number of aryl methyl sites for hydroxylation is 2. The number of aromatic nitrogens is 1. The van der Waals surface area contributed by atoms with Crippen molar-refractivity contribution in [2.75, 3.05) is 0 Å². The van der Waals surface area contributed by atoms with E-state index in [1.54, 1.807) is 0 Å². The highest BCUT2D eigenvalue weighted by atomic mass is 14.9. The van der Waals surface area contributed by atoms with Gasteiger partial charge in [-0.15, -0.1) is 0 Å². The van der Waals surface area contributed by atoms with Crippen LogP contribution < -0.4 is 5.32 Å². The third kappa shape index (κ3) is 2.74. The molecule has 19 heavy (non-hydrogen) atoms. The fourth-order valence-corrected chi connectivity index (χ4v) is 3.00. The van der Waals surface area contributed by atoms with Crippen LogP contribution >= 0.6 is 0 Å². The molecule has 1 aliphatic rings. The van der Waals surface area contributed by atoms with Crippen molar-refractivity contribution in [3.05, 3.63) is 59.4 Å². The van der Waals surface area contributed by atoms with Crippen LogP contribution in [0.2, 0.25) is 0 Å². The van der Waals surface area contributed by atoms with Crippen molar-refractivity contribution in [2.45, 2.75) is 45.3 Å². The van der Waals surface area contributed by atoms with Crippen LogP contribution in [0.5, 0.6) is 0 Å². The lowest BCUT2D eigenvalue weighted by atomic mass is 9.88. The smallest absolute Gasteiger partial charge is 0.0326 e. The summed E-state index contributed by atoms with van der Waals surface area (Å²) in [4.78, 5) is 0. The Balaban J connectivity index is 1.68. The lowest BCUT2D eigenvalue weighted by Crippen LogP contribution is -2.24. The third-order valence-corrected chi connectivity index (χ3v) is 4.10. The van der Waals surface area contributed by atoms with E-state index in [9.17, 15) is 0 Å². The Morgan fingerprint density at radius 3 is 3.00 bits per heavy atom. The monoisotopic (exact) mass is 254 g/mol. The molecular formula is C17H22N2. The van der Waals surface area contributed by atoms with Gasteiger partial charge < -0.3 is 9.88 Å². The summed E-state index contributed by atoms with van der Waals surface area (Å²) in [7, 11) is 0. The molecule has 0 radical (unpaired) electrons. The molecular weight excluding hydrogens is 232 g/mol. The van der Waals surface area contributed by atoms with Crippen molar-refractivity contribution in [3.8, 4) is 0 Å². The van der Waals surface area contributed by atoms with E-state index in [4.69, 9.17) is 0 Å². The van der Waals surface area contributed by atoms with E-state index in [0.717, 1.165) is 13.1 Å². The van der Waals surface area contributed by atoms with Crippen LogP contribution in [0.15, 0.2) is 42.7 Å². The van der Waals surface area contributed by atoms with Gasteiger partial charge in [-0.3, -0.25) is 0 Å². The van der Waals surface area contributed by atoms with Gasteiger partial charge in [-0.25, -0.2) is 0 Å². The first kappa shape index (κ1) is 12.5. The van der Waals surface area contributed by atoms with Crippen LogP contribution in [0.3, 0.4) is 0 Å². The second kappa shape index (κ2) is 5.62. The molecule has 0 saturated heterocycles. The Labute approximate surface area is 115 Å². The lowest BCUT2D eigenvalue weighted by Gasteiger charge is -2.26. The zero-order chi connectivity index (χ0) is 13.1. The van der Waals surface area contributed by atoms with E-state index in [1.165, 1.54) is 36.0 Å². The number of benzene rings is 1. The standard InChI is InChI=1S/C17H22N2/c1-2-19-11-10-14(13-19)12-18-17-9-5-7-15-6-3-4-8-16(15)17/h3-4,6,8,10-11,13,17-18H,2,5,7,9,12H2,1H3. The van der Waals surface area contributed by atoms with Gasteiger partial charge in [0.25, 0.3) is 0 Å². The first-order valence-corrected chi connectivity index (χ1v) is 7.32. The predicted molar refractivity (Wildman–Crippen MR) is 79.1 cm³/mol. The molecule has 1 atom stereocenters. The van der Waals surface area contributed by atoms with Crippen LogP contribution in [-0.2, 0) is 19.5 Å². The second-order valence-corrected chi connectivity index (χ2v) is 5.37. The molecule has 0 fully saturated rings. The normalized spacial score (nSPS) is 18.3. The highest BCUT2D eigenvalue weighted by Crippen LogP contribution is 2.29.